The standard InChI is InChI=1S/C28H28ClN3O3S/c1-16(2)20-7-10-24-23(14-20)31-26(35-24)13-19-5-8-21(9-6-19)30-28(36)32-25(33)15-34-22-11-17(3)27(29)18(4)12-22/h5-12,14,16H,13,15H2,1-4H3,(H2,30,32,33,36). The maximum Gasteiger partial charge on any atom is 0.264 e. The highest BCUT2D eigenvalue weighted by atomic mass is 35.5. The van der Waals surface area contributed by atoms with Crippen molar-refractivity contribution < 1.29 is 13.9 Å². The maximum atomic E-state index is 12.2. The number of carbonyl (C=O) groups excluding carboxylic acids is 1. The summed E-state index contributed by atoms with van der Waals surface area (Å²) in [6.07, 6.45) is 0.578. The van der Waals surface area contributed by atoms with Crippen molar-refractivity contribution in [1.82, 2.24) is 10.3 Å². The Morgan fingerprint density at radius 1 is 1.08 bits per heavy atom. The summed E-state index contributed by atoms with van der Waals surface area (Å²) in [7, 11) is 0. The van der Waals surface area contributed by atoms with Gasteiger partial charge in [0.05, 0.1) is 0 Å². The van der Waals surface area contributed by atoms with Gasteiger partial charge in [-0.15, -0.1) is 0 Å². The summed E-state index contributed by atoms with van der Waals surface area (Å²) in [4.78, 5) is 16.9. The predicted molar refractivity (Wildman–Crippen MR) is 148 cm³/mol. The van der Waals surface area contributed by atoms with E-state index in [9.17, 15) is 4.79 Å². The van der Waals surface area contributed by atoms with E-state index in [0.29, 0.717) is 29.0 Å². The molecule has 0 spiro atoms. The van der Waals surface area contributed by atoms with Gasteiger partial charge in [0.25, 0.3) is 5.91 Å². The van der Waals surface area contributed by atoms with Crippen LogP contribution in [-0.4, -0.2) is 22.6 Å². The predicted octanol–water partition coefficient (Wildman–Crippen LogP) is 6.70. The van der Waals surface area contributed by atoms with Gasteiger partial charge in [0.2, 0.25) is 0 Å². The van der Waals surface area contributed by atoms with Crippen LogP contribution in [-0.2, 0) is 11.2 Å². The molecule has 186 valence electrons. The average molecular weight is 522 g/mol. The van der Waals surface area contributed by atoms with Gasteiger partial charge >= 0.3 is 0 Å². The van der Waals surface area contributed by atoms with Crippen LogP contribution < -0.4 is 15.4 Å². The highest BCUT2D eigenvalue weighted by Gasteiger charge is 2.11. The lowest BCUT2D eigenvalue weighted by molar-refractivity contribution is -0.121. The van der Waals surface area contributed by atoms with E-state index in [1.54, 1.807) is 12.1 Å². The molecule has 4 rings (SSSR count). The molecule has 0 aliphatic carbocycles. The van der Waals surface area contributed by atoms with Crippen molar-refractivity contribution in [2.75, 3.05) is 11.9 Å². The summed E-state index contributed by atoms with van der Waals surface area (Å²) >= 11 is 11.4. The van der Waals surface area contributed by atoms with Crippen LogP contribution in [0.2, 0.25) is 5.02 Å². The molecule has 6 nitrogen and oxygen atoms in total. The fraction of sp³-hybridized carbons (Fsp3) is 0.250. The lowest BCUT2D eigenvalue weighted by atomic mass is 10.0. The highest BCUT2D eigenvalue weighted by Crippen LogP contribution is 2.26. The number of amides is 1. The first-order chi connectivity index (χ1) is 17.2. The zero-order valence-corrected chi connectivity index (χ0v) is 22.2. The molecule has 0 radical (unpaired) electrons. The molecule has 0 bridgehead atoms. The summed E-state index contributed by atoms with van der Waals surface area (Å²) < 4.78 is 11.5. The van der Waals surface area contributed by atoms with Crippen LogP contribution in [0.25, 0.3) is 11.1 Å². The second kappa shape index (κ2) is 11.1. The van der Waals surface area contributed by atoms with E-state index in [1.807, 2.05) is 44.2 Å². The van der Waals surface area contributed by atoms with Crippen LogP contribution in [0, 0.1) is 13.8 Å². The third-order valence-electron chi connectivity index (χ3n) is 5.72. The molecule has 4 aromatic rings. The molecule has 1 aromatic heterocycles. The Kier molecular flexibility index (Phi) is 7.91. The molecular formula is C28H28ClN3O3S. The molecule has 36 heavy (non-hydrogen) atoms. The number of aryl methyl sites for hydroxylation is 2. The number of nitrogens with one attached hydrogen (secondary N) is 2. The number of ether oxygens (including phenoxy) is 1. The van der Waals surface area contributed by atoms with E-state index >= 15 is 0 Å². The second-order valence-corrected chi connectivity index (χ2v) is 9.81. The van der Waals surface area contributed by atoms with Crippen molar-refractivity contribution in [3.8, 4) is 5.75 Å². The normalized spacial score (nSPS) is 11.1. The van der Waals surface area contributed by atoms with Gasteiger partial charge < -0.3 is 14.5 Å². The average Bonchev–Trinajstić information content (AvgIpc) is 3.23. The Hall–Kier alpha value is -3.42. The summed E-state index contributed by atoms with van der Waals surface area (Å²) in [6, 6.07) is 17.5. The molecule has 0 saturated carbocycles. The summed E-state index contributed by atoms with van der Waals surface area (Å²) in [5, 5.41) is 6.53. The molecule has 3 aromatic carbocycles. The van der Waals surface area contributed by atoms with Crippen LogP contribution in [0.15, 0.2) is 59.0 Å². The van der Waals surface area contributed by atoms with Crippen molar-refractivity contribution in [2.24, 2.45) is 0 Å². The number of aromatic nitrogens is 1. The third-order valence-corrected chi connectivity index (χ3v) is 6.52. The van der Waals surface area contributed by atoms with Crippen LogP contribution in [0.4, 0.5) is 5.69 Å². The van der Waals surface area contributed by atoms with Crippen LogP contribution in [0.3, 0.4) is 0 Å². The molecule has 1 amide bonds. The number of benzene rings is 3. The quantitative estimate of drug-likeness (QED) is 0.263. The summed E-state index contributed by atoms with van der Waals surface area (Å²) in [6.45, 7) is 7.94. The zero-order valence-electron chi connectivity index (χ0n) is 20.6. The van der Waals surface area contributed by atoms with E-state index in [0.717, 1.165) is 33.5 Å². The molecule has 0 atom stereocenters. The minimum Gasteiger partial charge on any atom is -0.484 e. The van der Waals surface area contributed by atoms with E-state index < -0.39 is 0 Å². The Morgan fingerprint density at radius 2 is 1.78 bits per heavy atom. The molecule has 0 unspecified atom stereocenters. The van der Waals surface area contributed by atoms with Gasteiger partial charge in [-0.2, -0.15) is 0 Å². The third kappa shape index (κ3) is 6.42. The van der Waals surface area contributed by atoms with E-state index in [-0.39, 0.29) is 17.6 Å². The van der Waals surface area contributed by atoms with E-state index in [1.165, 1.54) is 5.56 Å². The number of hydrogen-bond acceptors (Lipinski definition) is 5. The molecule has 0 saturated heterocycles. The largest absolute Gasteiger partial charge is 0.484 e. The van der Waals surface area contributed by atoms with E-state index in [4.69, 9.17) is 33.0 Å². The lowest BCUT2D eigenvalue weighted by Crippen LogP contribution is -2.37. The van der Waals surface area contributed by atoms with Crippen molar-refractivity contribution in [3.63, 3.8) is 0 Å². The van der Waals surface area contributed by atoms with Gasteiger partial charge in [-0.3, -0.25) is 10.1 Å². The fourth-order valence-electron chi connectivity index (χ4n) is 3.77. The SMILES string of the molecule is Cc1cc(OCC(=O)NC(=S)Nc2ccc(Cc3nc4cc(C(C)C)ccc4o3)cc2)cc(C)c1Cl. The second-order valence-electron chi connectivity index (χ2n) is 9.03. The Morgan fingerprint density at radius 3 is 2.44 bits per heavy atom. The number of nitrogens with zero attached hydrogens (tertiary/aromatic N) is 1. The first-order valence-corrected chi connectivity index (χ1v) is 12.4. The highest BCUT2D eigenvalue weighted by molar-refractivity contribution is 7.80. The Labute approximate surface area is 221 Å². The number of anilines is 1. The topological polar surface area (TPSA) is 76.4 Å². The van der Waals surface area contributed by atoms with Crippen molar-refractivity contribution in [1.29, 1.82) is 0 Å². The van der Waals surface area contributed by atoms with Crippen molar-refractivity contribution in [3.05, 3.63) is 87.8 Å². The number of oxazole rings is 1. The number of fused-ring (bicyclic) bond motifs is 1. The van der Waals surface area contributed by atoms with Gasteiger partial charge in [0.15, 0.2) is 23.2 Å². The monoisotopic (exact) mass is 521 g/mol. The first kappa shape index (κ1) is 25.7. The van der Waals surface area contributed by atoms with Gasteiger partial charge in [0.1, 0.15) is 11.3 Å². The Bertz CT molecular complexity index is 1390. The minimum atomic E-state index is -0.356. The molecule has 2 N–H and O–H groups in total. The number of halogens is 1. The first-order valence-electron chi connectivity index (χ1n) is 11.7. The zero-order chi connectivity index (χ0) is 25.8. The van der Waals surface area contributed by atoms with E-state index in [2.05, 4.69) is 41.6 Å². The van der Waals surface area contributed by atoms with Gasteiger partial charge in [0, 0.05) is 17.1 Å². The number of carbonyl (C=O) groups is 1. The molecular weight excluding hydrogens is 494 g/mol. The summed E-state index contributed by atoms with van der Waals surface area (Å²) in [5.41, 5.74) is 6.50. The van der Waals surface area contributed by atoms with Crippen LogP contribution >= 0.6 is 23.8 Å². The molecule has 0 aliphatic heterocycles. The number of hydrogen-bond donors (Lipinski definition) is 2. The number of thiocarbonyl (C=S) groups is 1. The van der Waals surface area contributed by atoms with Crippen molar-refractivity contribution in [2.45, 2.75) is 40.0 Å². The van der Waals surface area contributed by atoms with Crippen LogP contribution in [0.1, 0.15) is 47.9 Å². The van der Waals surface area contributed by atoms with Gasteiger partial charge in [-0.25, -0.2) is 4.98 Å². The van der Waals surface area contributed by atoms with Gasteiger partial charge in [-0.1, -0.05) is 43.6 Å². The fourth-order valence-corrected chi connectivity index (χ4v) is 4.11. The molecule has 8 heteroatoms. The molecule has 0 fully saturated rings. The summed E-state index contributed by atoms with van der Waals surface area (Å²) in [5.74, 6) is 1.33. The van der Waals surface area contributed by atoms with Crippen molar-refractivity contribution >= 4 is 51.6 Å². The minimum absolute atomic E-state index is 0.162. The smallest absolute Gasteiger partial charge is 0.264 e. The lowest BCUT2D eigenvalue weighted by Gasteiger charge is -2.12. The maximum absolute atomic E-state index is 12.2. The molecule has 0 aliphatic rings. The number of rotatable bonds is 7. The molecule has 1 heterocycles. The van der Waals surface area contributed by atoms with Gasteiger partial charge in [-0.05, 0) is 90.6 Å². The van der Waals surface area contributed by atoms with Crippen LogP contribution in [0.5, 0.6) is 5.75 Å². The Balaban J connectivity index is 1.28.